The van der Waals surface area contributed by atoms with Gasteiger partial charge in [0, 0.05) is 56.3 Å². The van der Waals surface area contributed by atoms with Gasteiger partial charge >= 0.3 is 0 Å². The van der Waals surface area contributed by atoms with Crippen molar-refractivity contribution in [1.82, 2.24) is 24.5 Å². The van der Waals surface area contributed by atoms with Gasteiger partial charge in [-0.05, 0) is 75.3 Å². The van der Waals surface area contributed by atoms with Crippen molar-refractivity contribution in [3.05, 3.63) is 225 Å². The van der Waals surface area contributed by atoms with E-state index in [4.69, 9.17) is 19.4 Å². The number of para-hydroxylation sites is 2. The molecule has 0 aliphatic carbocycles. The molecule has 0 unspecified atom stereocenters. The third kappa shape index (κ3) is 6.09. The molecule has 0 saturated heterocycles. The SMILES string of the molecule is c1ccc([Si](c2ccccc2)(c2ccccc2)c2cccc(-c3nc(-c4ccc(-n5c6ccccc6c6ccccc65)cc4)nc(-c4ccc5c(c4)oc4ccncc45)n3)c2)cc1. The average Bonchev–Trinajstić information content (AvgIpc) is 3.91. The number of benzene rings is 8. The summed E-state index contributed by atoms with van der Waals surface area (Å²) in [6, 6.07) is 75.5. The van der Waals surface area contributed by atoms with Crippen molar-refractivity contribution in [1.29, 1.82) is 0 Å². The molecular formula is C56H37N5OSi. The topological polar surface area (TPSA) is 69.6 Å². The fourth-order valence-corrected chi connectivity index (χ4v) is 14.2. The van der Waals surface area contributed by atoms with E-state index in [1.54, 1.807) is 6.20 Å². The first kappa shape index (κ1) is 36.6. The molecule has 0 aliphatic heterocycles. The van der Waals surface area contributed by atoms with Gasteiger partial charge < -0.3 is 8.98 Å². The maximum atomic E-state index is 6.32. The van der Waals surface area contributed by atoms with E-state index in [0.29, 0.717) is 17.5 Å². The van der Waals surface area contributed by atoms with Crippen LogP contribution in [0.25, 0.3) is 83.6 Å². The number of pyridine rings is 1. The van der Waals surface area contributed by atoms with E-state index in [2.05, 4.69) is 210 Å². The second kappa shape index (κ2) is 15.0. The summed E-state index contributed by atoms with van der Waals surface area (Å²) < 4.78 is 8.65. The standard InChI is InChI=1S/C56H37N5OSi/c1-4-16-42(17-5-1)63(43-18-6-2-7-19-43,44-20-8-3-9-21-44)45-22-14-15-39(35-45)55-58-54(59-56(60-55)40-29-32-48-49-37-57-34-33-52(49)62-53(48)36-40)38-27-30-41(31-28-38)61-50-25-12-10-23-46(50)47-24-11-13-26-51(47)61/h1-37H. The van der Waals surface area contributed by atoms with Gasteiger partial charge in [-0.1, -0.05) is 158 Å². The molecule has 296 valence electrons. The Morgan fingerprint density at radius 3 is 1.48 bits per heavy atom. The summed E-state index contributed by atoms with van der Waals surface area (Å²) in [7, 11) is -2.83. The largest absolute Gasteiger partial charge is 0.456 e. The van der Waals surface area contributed by atoms with Crippen molar-refractivity contribution >= 4 is 72.6 Å². The third-order valence-corrected chi connectivity index (χ3v) is 17.1. The molecule has 0 atom stereocenters. The molecule has 8 aromatic carbocycles. The molecule has 0 saturated carbocycles. The second-order valence-electron chi connectivity index (χ2n) is 15.8. The molecule has 63 heavy (non-hydrogen) atoms. The van der Waals surface area contributed by atoms with Crippen LogP contribution < -0.4 is 20.7 Å². The molecule has 0 fully saturated rings. The number of nitrogens with zero attached hydrogens (tertiary/aromatic N) is 5. The van der Waals surface area contributed by atoms with Crippen LogP contribution in [-0.4, -0.2) is 32.6 Å². The Morgan fingerprint density at radius 2 is 0.873 bits per heavy atom. The van der Waals surface area contributed by atoms with Crippen LogP contribution in [-0.2, 0) is 0 Å². The van der Waals surface area contributed by atoms with Gasteiger partial charge in [-0.2, -0.15) is 0 Å². The zero-order valence-corrected chi connectivity index (χ0v) is 35.0. The minimum atomic E-state index is -2.83. The highest BCUT2D eigenvalue weighted by Gasteiger charge is 2.41. The number of furan rings is 1. The Labute approximate surface area is 364 Å². The van der Waals surface area contributed by atoms with E-state index >= 15 is 0 Å². The number of rotatable bonds is 8. The normalized spacial score (nSPS) is 11.8. The smallest absolute Gasteiger partial charge is 0.179 e. The highest BCUT2D eigenvalue weighted by Crippen LogP contribution is 2.34. The lowest BCUT2D eigenvalue weighted by molar-refractivity contribution is 0.668. The minimum Gasteiger partial charge on any atom is -0.456 e. The van der Waals surface area contributed by atoms with Crippen LogP contribution in [0.3, 0.4) is 0 Å². The summed E-state index contributed by atoms with van der Waals surface area (Å²) >= 11 is 0. The molecule has 0 amide bonds. The van der Waals surface area contributed by atoms with Crippen LogP contribution in [0, 0.1) is 0 Å². The Hall–Kier alpha value is -8.26. The van der Waals surface area contributed by atoms with Gasteiger partial charge in [-0.25, -0.2) is 15.0 Å². The molecule has 12 aromatic rings. The molecule has 0 bridgehead atoms. The first-order chi connectivity index (χ1) is 31.2. The monoisotopic (exact) mass is 823 g/mol. The van der Waals surface area contributed by atoms with E-state index in [1.165, 1.54) is 31.5 Å². The summed E-state index contributed by atoms with van der Waals surface area (Å²) in [6.45, 7) is 0. The molecule has 6 nitrogen and oxygen atoms in total. The fourth-order valence-electron chi connectivity index (χ4n) is 9.44. The zero-order chi connectivity index (χ0) is 41.7. The minimum absolute atomic E-state index is 0.560. The zero-order valence-electron chi connectivity index (χ0n) is 34.0. The molecule has 0 radical (unpaired) electrons. The molecule has 4 aromatic heterocycles. The van der Waals surface area contributed by atoms with Gasteiger partial charge in [0.05, 0.1) is 11.0 Å². The summed E-state index contributed by atoms with van der Waals surface area (Å²) in [5, 5.41) is 9.55. The molecule has 12 rings (SSSR count). The van der Waals surface area contributed by atoms with Crippen molar-refractivity contribution in [2.75, 3.05) is 0 Å². The van der Waals surface area contributed by atoms with E-state index in [9.17, 15) is 0 Å². The van der Waals surface area contributed by atoms with E-state index in [0.717, 1.165) is 55.3 Å². The maximum Gasteiger partial charge on any atom is 0.179 e. The van der Waals surface area contributed by atoms with E-state index < -0.39 is 8.07 Å². The van der Waals surface area contributed by atoms with Crippen molar-refractivity contribution in [3.63, 3.8) is 0 Å². The van der Waals surface area contributed by atoms with E-state index in [-0.39, 0.29) is 0 Å². The fraction of sp³-hybridized carbons (Fsp3) is 0. The molecular weight excluding hydrogens is 787 g/mol. The molecule has 7 heteroatoms. The van der Waals surface area contributed by atoms with Crippen LogP contribution in [0.5, 0.6) is 0 Å². The van der Waals surface area contributed by atoms with Crippen LogP contribution in [0.2, 0.25) is 0 Å². The van der Waals surface area contributed by atoms with Crippen molar-refractivity contribution < 1.29 is 4.42 Å². The van der Waals surface area contributed by atoms with Crippen molar-refractivity contribution in [3.8, 4) is 39.9 Å². The Morgan fingerprint density at radius 1 is 0.365 bits per heavy atom. The number of hydrogen-bond acceptors (Lipinski definition) is 5. The maximum absolute atomic E-state index is 6.32. The van der Waals surface area contributed by atoms with Gasteiger partial charge in [0.25, 0.3) is 0 Å². The summed E-state index contributed by atoms with van der Waals surface area (Å²) in [4.78, 5) is 20.1. The van der Waals surface area contributed by atoms with Crippen molar-refractivity contribution in [2.24, 2.45) is 0 Å². The van der Waals surface area contributed by atoms with Gasteiger partial charge in [0.15, 0.2) is 25.5 Å². The summed E-state index contributed by atoms with van der Waals surface area (Å²) in [6.07, 6.45) is 3.60. The molecule has 0 N–H and O–H groups in total. The van der Waals surface area contributed by atoms with Gasteiger partial charge in [-0.3, -0.25) is 4.98 Å². The summed E-state index contributed by atoms with van der Waals surface area (Å²) in [5.74, 6) is 1.74. The molecule has 4 heterocycles. The van der Waals surface area contributed by atoms with Gasteiger partial charge in [0.1, 0.15) is 11.2 Å². The molecule has 0 aliphatic rings. The van der Waals surface area contributed by atoms with Gasteiger partial charge in [-0.15, -0.1) is 0 Å². The summed E-state index contributed by atoms with van der Waals surface area (Å²) in [5.41, 5.74) is 7.56. The quantitative estimate of drug-likeness (QED) is 0.113. The highest BCUT2D eigenvalue weighted by atomic mass is 28.3. The third-order valence-electron chi connectivity index (χ3n) is 12.3. The van der Waals surface area contributed by atoms with Crippen LogP contribution >= 0.6 is 0 Å². The van der Waals surface area contributed by atoms with Crippen molar-refractivity contribution in [2.45, 2.75) is 0 Å². The van der Waals surface area contributed by atoms with Gasteiger partial charge in [0.2, 0.25) is 0 Å². The first-order valence-corrected chi connectivity index (χ1v) is 23.1. The lowest BCUT2D eigenvalue weighted by Crippen LogP contribution is -2.74. The Kier molecular flexibility index (Phi) is 8.72. The van der Waals surface area contributed by atoms with Crippen LogP contribution in [0.15, 0.2) is 229 Å². The number of aromatic nitrogens is 5. The lowest BCUT2D eigenvalue weighted by atomic mass is 10.1. The highest BCUT2D eigenvalue weighted by molar-refractivity contribution is 7.19. The predicted octanol–water partition coefficient (Wildman–Crippen LogP) is 10.6. The van der Waals surface area contributed by atoms with Crippen LogP contribution in [0.4, 0.5) is 0 Å². The average molecular weight is 824 g/mol. The predicted molar refractivity (Wildman–Crippen MR) is 259 cm³/mol. The molecule has 0 spiro atoms. The van der Waals surface area contributed by atoms with E-state index in [1.807, 2.05) is 18.3 Å². The number of hydrogen-bond donors (Lipinski definition) is 0. The Bertz CT molecular complexity index is 3470. The lowest BCUT2D eigenvalue weighted by Gasteiger charge is -2.34. The van der Waals surface area contributed by atoms with Crippen LogP contribution in [0.1, 0.15) is 0 Å². The second-order valence-corrected chi connectivity index (χ2v) is 19.6. The number of fused-ring (bicyclic) bond motifs is 6. The Balaban J connectivity index is 1.05. The first-order valence-electron chi connectivity index (χ1n) is 21.1.